The van der Waals surface area contributed by atoms with E-state index in [1.807, 2.05) is 38.1 Å². The van der Waals surface area contributed by atoms with E-state index in [-0.39, 0.29) is 7.43 Å². The van der Waals surface area contributed by atoms with Gasteiger partial charge >= 0.3 is 0 Å². The van der Waals surface area contributed by atoms with Crippen LogP contribution in [-0.4, -0.2) is 42.8 Å². The molecule has 0 radical (unpaired) electrons. The van der Waals surface area contributed by atoms with Crippen molar-refractivity contribution in [3.05, 3.63) is 82.4 Å². The molecule has 0 saturated heterocycles. The maximum Gasteiger partial charge on any atom is 0.120 e. The molecule has 2 aromatic heterocycles. The molecule has 6 saturated carbocycles. The molecule has 378 valence electrons. The number of nitrogens with zero attached hydrogens (tertiary/aromatic N) is 2. The van der Waals surface area contributed by atoms with Crippen molar-refractivity contribution in [2.75, 3.05) is 0 Å². The Kier molecular flexibility index (Phi) is 16.6. The van der Waals surface area contributed by atoms with Crippen LogP contribution in [-0.2, 0) is 4.79 Å². The molecule has 3 N–H and O–H groups in total. The van der Waals surface area contributed by atoms with Gasteiger partial charge in [0.25, 0.3) is 0 Å². The van der Waals surface area contributed by atoms with Crippen LogP contribution < -0.4 is 0 Å². The SMILES string of the molecule is Brc1cccnc1.C.C[C@H](CCC(O)c1cccnc1)[C@H]1CC[C@H]2[C@@H]3CC=C4C[C@@](C)(O)CC[C@]4(C)[C@H]3CC[C@]12C.C[C@H](CCC=O)[C@H]1CC[C@H]2[C@@H]3CC=C4C[C@@](C)(O)CC[C@]4(C)[C@H]3CC[C@]12C. The van der Waals surface area contributed by atoms with E-state index < -0.39 is 17.3 Å². The molecule has 8 aliphatic rings. The molecule has 2 aromatic rings. The molecule has 7 heteroatoms. The monoisotopic (exact) mass is 997 g/mol. The predicted molar refractivity (Wildman–Crippen MR) is 282 cm³/mol. The van der Waals surface area contributed by atoms with Crippen molar-refractivity contribution in [1.82, 2.24) is 9.97 Å². The average molecular weight is 998 g/mol. The minimum absolute atomic E-state index is 0. The van der Waals surface area contributed by atoms with Crippen LogP contribution in [0, 0.1) is 80.8 Å². The van der Waals surface area contributed by atoms with Gasteiger partial charge in [-0.3, -0.25) is 9.97 Å². The summed E-state index contributed by atoms with van der Waals surface area (Å²) in [6, 6.07) is 7.73. The second-order valence-electron chi connectivity index (χ2n) is 25.6. The molecule has 0 aliphatic heterocycles. The van der Waals surface area contributed by atoms with Gasteiger partial charge in [-0.2, -0.15) is 0 Å². The highest BCUT2D eigenvalue weighted by Gasteiger charge is 2.61. The van der Waals surface area contributed by atoms with E-state index in [1.54, 1.807) is 35.9 Å². The average Bonchev–Trinajstić information content (AvgIpc) is 3.85. The fourth-order valence-electron chi connectivity index (χ4n) is 17.8. The first-order chi connectivity index (χ1) is 31.7. The normalized spacial score (nSPS) is 42.3. The van der Waals surface area contributed by atoms with Gasteiger partial charge in [0.15, 0.2) is 0 Å². The van der Waals surface area contributed by atoms with Crippen molar-refractivity contribution in [3.8, 4) is 0 Å². The molecule has 0 amide bonds. The number of carbonyl (C=O) groups is 1. The van der Waals surface area contributed by atoms with E-state index >= 15 is 0 Å². The van der Waals surface area contributed by atoms with E-state index in [9.17, 15) is 20.1 Å². The lowest BCUT2D eigenvalue weighted by atomic mass is 9.46. The van der Waals surface area contributed by atoms with Gasteiger partial charge in [0.2, 0.25) is 0 Å². The molecule has 6 nitrogen and oxygen atoms in total. The molecule has 0 bridgehead atoms. The van der Waals surface area contributed by atoms with Crippen LogP contribution in [0.2, 0.25) is 0 Å². The second kappa shape index (κ2) is 21.1. The van der Waals surface area contributed by atoms with Crippen LogP contribution in [0.5, 0.6) is 0 Å². The fraction of sp³-hybridized carbons (Fsp3) is 0.754. The first-order valence-corrected chi connectivity index (χ1v) is 27.9. The number of halogens is 1. The first-order valence-electron chi connectivity index (χ1n) is 27.2. The lowest BCUT2D eigenvalue weighted by Gasteiger charge is -2.59. The largest absolute Gasteiger partial charge is 0.390 e. The van der Waals surface area contributed by atoms with E-state index in [4.69, 9.17) is 0 Å². The van der Waals surface area contributed by atoms with Crippen molar-refractivity contribution in [2.24, 2.45) is 80.8 Å². The fourth-order valence-corrected chi connectivity index (χ4v) is 18.1. The second-order valence-corrected chi connectivity index (χ2v) is 26.5. The van der Waals surface area contributed by atoms with Crippen molar-refractivity contribution >= 4 is 22.2 Å². The topological polar surface area (TPSA) is 104 Å². The van der Waals surface area contributed by atoms with Crippen LogP contribution in [0.4, 0.5) is 0 Å². The first kappa shape index (κ1) is 53.6. The molecule has 0 aromatic carbocycles. The zero-order valence-corrected chi connectivity index (χ0v) is 44.5. The molecule has 17 atom stereocenters. The Labute approximate surface area is 422 Å². The molecule has 2 heterocycles. The number of hydrogen-bond donors (Lipinski definition) is 3. The number of aromatic nitrogens is 2. The van der Waals surface area contributed by atoms with Crippen molar-refractivity contribution in [2.45, 2.75) is 209 Å². The standard InChI is InChI=1S/C30H45NO2.C25H40O2.C5H4BrN.CH4/c1-20(7-12-27(32)21-6-5-17-31-19-21)24-10-11-25-23-9-8-22-18-28(2,33)15-16-29(22,3)26(23)13-14-30(24,25)4;1-17(6-5-15-26)20-9-10-21-19-8-7-18-16-23(2,27)13-14-24(18,3)22(19)11-12-25(20,21)4;6-5-2-1-3-7-4-5;/h5-6,8,17,19-20,23-27,32-33H,7,9-16,18H2,1-4H3;7,15,17,19-22,27H,5-6,8-14,16H2,1-4H3;1-4H;1H4/t20-,23+,24-,25+,26+,27?,28+,29+,30-;17-,19+,20-,21+,22+,23+,24+,25-;;/m11../s1. The quantitative estimate of drug-likeness (QED) is 0.171. The maximum atomic E-state index is 10.9. The van der Waals surface area contributed by atoms with Crippen molar-refractivity contribution in [3.63, 3.8) is 0 Å². The summed E-state index contributed by atoms with van der Waals surface area (Å²) in [4.78, 5) is 18.9. The van der Waals surface area contributed by atoms with Crippen LogP contribution in [0.15, 0.2) is 76.8 Å². The summed E-state index contributed by atoms with van der Waals surface area (Å²) in [6.07, 6.45) is 36.0. The number of fused-ring (bicyclic) bond motifs is 10. The Morgan fingerprint density at radius 2 is 1.13 bits per heavy atom. The van der Waals surface area contributed by atoms with Gasteiger partial charge in [-0.15, -0.1) is 0 Å². The number of carbonyl (C=O) groups excluding carboxylic acids is 1. The molecular weight excluding hydrogens is 905 g/mol. The number of allylic oxidation sites excluding steroid dienone is 2. The lowest BCUT2D eigenvalue weighted by molar-refractivity contribution is -0.108. The van der Waals surface area contributed by atoms with Gasteiger partial charge in [-0.1, -0.05) is 78.3 Å². The zero-order chi connectivity index (χ0) is 48.0. The maximum absolute atomic E-state index is 10.9. The number of aldehydes is 1. The van der Waals surface area contributed by atoms with Gasteiger partial charge in [0.05, 0.1) is 17.3 Å². The number of aliphatic hydroxyl groups excluding tert-OH is 1. The van der Waals surface area contributed by atoms with Crippen LogP contribution >= 0.6 is 15.9 Å². The summed E-state index contributed by atoms with van der Waals surface area (Å²) >= 11 is 3.25. The Hall–Kier alpha value is -2.19. The third-order valence-corrected chi connectivity index (χ3v) is 22.1. The lowest BCUT2D eigenvalue weighted by Crippen LogP contribution is -2.52. The third kappa shape index (κ3) is 10.5. The van der Waals surface area contributed by atoms with E-state index in [0.717, 1.165) is 128 Å². The Morgan fingerprint density at radius 1 is 0.647 bits per heavy atom. The molecule has 6 fully saturated rings. The molecule has 0 spiro atoms. The summed E-state index contributed by atoms with van der Waals surface area (Å²) in [5.41, 5.74) is 4.65. The highest BCUT2D eigenvalue weighted by molar-refractivity contribution is 9.10. The van der Waals surface area contributed by atoms with Crippen LogP contribution in [0.25, 0.3) is 0 Å². The minimum atomic E-state index is -0.504. The molecule has 68 heavy (non-hydrogen) atoms. The smallest absolute Gasteiger partial charge is 0.120 e. The Balaban J connectivity index is 0.000000176. The number of aliphatic hydroxyl groups is 3. The highest BCUT2D eigenvalue weighted by Crippen LogP contribution is 2.69. The molecule has 10 rings (SSSR count). The number of rotatable bonds is 9. The molecule has 1 unspecified atom stereocenters. The number of hydrogen-bond acceptors (Lipinski definition) is 6. The number of pyridine rings is 2. The highest BCUT2D eigenvalue weighted by atomic mass is 79.9. The minimum Gasteiger partial charge on any atom is -0.390 e. The van der Waals surface area contributed by atoms with Gasteiger partial charge in [-0.05, 0) is 256 Å². The van der Waals surface area contributed by atoms with Crippen LogP contribution in [0.3, 0.4) is 0 Å². The van der Waals surface area contributed by atoms with E-state index in [1.165, 1.54) is 64.2 Å². The predicted octanol–water partition coefficient (Wildman–Crippen LogP) is 15.3. The molecule has 8 aliphatic carbocycles. The summed E-state index contributed by atoms with van der Waals surface area (Å²) in [5.74, 6) is 7.87. The summed E-state index contributed by atoms with van der Waals surface area (Å²) in [5, 5.41) is 32.0. The van der Waals surface area contributed by atoms with E-state index in [0.29, 0.717) is 33.5 Å². The van der Waals surface area contributed by atoms with Crippen molar-refractivity contribution in [1.29, 1.82) is 0 Å². The van der Waals surface area contributed by atoms with E-state index in [2.05, 4.69) is 79.6 Å². The van der Waals surface area contributed by atoms with Gasteiger partial charge in [-0.25, -0.2) is 0 Å². The summed E-state index contributed by atoms with van der Waals surface area (Å²) < 4.78 is 1.02. The third-order valence-electron chi connectivity index (χ3n) is 21.6. The Bertz CT molecular complexity index is 2050. The van der Waals surface area contributed by atoms with Gasteiger partial charge in [0.1, 0.15) is 6.29 Å². The van der Waals surface area contributed by atoms with Gasteiger partial charge in [0, 0.05) is 35.7 Å². The van der Waals surface area contributed by atoms with Crippen molar-refractivity contribution < 1.29 is 20.1 Å². The molecular formula is C61H93BrN2O4. The van der Waals surface area contributed by atoms with Crippen LogP contribution in [0.1, 0.15) is 203 Å². The summed E-state index contributed by atoms with van der Waals surface area (Å²) in [6.45, 7) is 19.2. The zero-order valence-electron chi connectivity index (χ0n) is 42.9. The van der Waals surface area contributed by atoms with Gasteiger partial charge < -0.3 is 20.1 Å². The summed E-state index contributed by atoms with van der Waals surface area (Å²) in [7, 11) is 0. The Morgan fingerprint density at radius 3 is 1.56 bits per heavy atom.